The van der Waals surface area contributed by atoms with Crippen LogP contribution in [0.5, 0.6) is 0 Å². The molecule has 23 heavy (non-hydrogen) atoms. The Kier molecular flexibility index (Phi) is 5.46. The van der Waals surface area contributed by atoms with Crippen LogP contribution in [0.1, 0.15) is 5.56 Å². The molecule has 2 rings (SSSR count). The molecule has 0 saturated carbocycles. The number of benzene rings is 1. The first-order chi connectivity index (χ1) is 11.0. The van der Waals surface area contributed by atoms with Gasteiger partial charge in [-0.15, -0.1) is 0 Å². The molecule has 0 aliphatic carbocycles. The van der Waals surface area contributed by atoms with Gasteiger partial charge in [-0.1, -0.05) is 12.1 Å². The molecule has 0 bridgehead atoms. The van der Waals surface area contributed by atoms with E-state index in [0.29, 0.717) is 18.9 Å². The highest BCUT2D eigenvalue weighted by Crippen LogP contribution is 2.12. The second kappa shape index (κ2) is 7.53. The van der Waals surface area contributed by atoms with Crippen LogP contribution in [-0.2, 0) is 11.2 Å². The van der Waals surface area contributed by atoms with Crippen LogP contribution >= 0.6 is 0 Å². The molecule has 1 aromatic heterocycles. The average molecular weight is 317 g/mol. The van der Waals surface area contributed by atoms with Gasteiger partial charge >= 0.3 is 0 Å². The summed E-state index contributed by atoms with van der Waals surface area (Å²) in [6, 6.07) is 7.81. The third-order valence-corrected chi connectivity index (χ3v) is 3.40. The van der Waals surface area contributed by atoms with Gasteiger partial charge in [-0.05, 0) is 30.2 Å². The standard InChI is InChI=1S/C16H20FN5O/c1-22(2)14-7-8-19-16(21-14)20-10-12(15(18)23)9-11-3-5-13(17)6-4-11/h3-8,12H,9-10H2,1-2H3,(H2,18,23)(H,19,20,21). The van der Waals surface area contributed by atoms with Crippen molar-refractivity contribution in [3.8, 4) is 0 Å². The number of anilines is 2. The lowest BCUT2D eigenvalue weighted by Crippen LogP contribution is -2.31. The Morgan fingerprint density at radius 1 is 1.30 bits per heavy atom. The van der Waals surface area contributed by atoms with E-state index in [0.717, 1.165) is 11.4 Å². The minimum Gasteiger partial charge on any atom is -0.369 e. The van der Waals surface area contributed by atoms with Crippen molar-refractivity contribution in [2.24, 2.45) is 11.7 Å². The van der Waals surface area contributed by atoms with E-state index in [1.807, 2.05) is 19.0 Å². The summed E-state index contributed by atoms with van der Waals surface area (Å²) >= 11 is 0. The molecule has 1 aromatic carbocycles. The molecule has 1 unspecified atom stereocenters. The van der Waals surface area contributed by atoms with Gasteiger partial charge in [0, 0.05) is 26.8 Å². The number of nitrogens with zero attached hydrogens (tertiary/aromatic N) is 3. The van der Waals surface area contributed by atoms with Gasteiger partial charge in [-0.3, -0.25) is 4.79 Å². The van der Waals surface area contributed by atoms with Gasteiger partial charge in [0.05, 0.1) is 5.92 Å². The summed E-state index contributed by atoms with van der Waals surface area (Å²) in [4.78, 5) is 21.9. The van der Waals surface area contributed by atoms with Gasteiger partial charge in [0.1, 0.15) is 11.6 Å². The Morgan fingerprint density at radius 3 is 2.61 bits per heavy atom. The lowest BCUT2D eigenvalue weighted by molar-refractivity contribution is -0.121. The minimum absolute atomic E-state index is 0.309. The van der Waals surface area contributed by atoms with Crippen molar-refractivity contribution in [2.45, 2.75) is 6.42 Å². The summed E-state index contributed by atoms with van der Waals surface area (Å²) in [6.45, 7) is 0.309. The zero-order chi connectivity index (χ0) is 16.8. The van der Waals surface area contributed by atoms with Gasteiger partial charge < -0.3 is 16.0 Å². The van der Waals surface area contributed by atoms with E-state index in [-0.39, 0.29) is 5.82 Å². The fraction of sp³-hybridized carbons (Fsp3) is 0.312. The van der Waals surface area contributed by atoms with E-state index in [9.17, 15) is 9.18 Å². The molecule has 0 aliphatic rings. The molecule has 0 radical (unpaired) electrons. The molecule has 1 amide bonds. The highest BCUT2D eigenvalue weighted by atomic mass is 19.1. The Bertz CT molecular complexity index is 660. The van der Waals surface area contributed by atoms with E-state index in [2.05, 4.69) is 15.3 Å². The van der Waals surface area contributed by atoms with Crippen molar-refractivity contribution in [2.75, 3.05) is 30.9 Å². The van der Waals surface area contributed by atoms with Gasteiger partial charge in [0.25, 0.3) is 0 Å². The fourth-order valence-corrected chi connectivity index (χ4v) is 2.08. The number of rotatable bonds is 7. The summed E-state index contributed by atoms with van der Waals surface area (Å²) in [5.74, 6) is 0.0206. The second-order valence-corrected chi connectivity index (χ2v) is 5.44. The maximum Gasteiger partial charge on any atom is 0.224 e. The van der Waals surface area contributed by atoms with E-state index in [1.54, 1.807) is 24.4 Å². The molecule has 2 aromatic rings. The number of halogens is 1. The quantitative estimate of drug-likeness (QED) is 0.807. The number of amides is 1. The van der Waals surface area contributed by atoms with Crippen LogP contribution in [0.2, 0.25) is 0 Å². The topological polar surface area (TPSA) is 84.1 Å². The van der Waals surface area contributed by atoms with Crippen molar-refractivity contribution < 1.29 is 9.18 Å². The molecule has 7 heteroatoms. The zero-order valence-corrected chi connectivity index (χ0v) is 13.2. The predicted molar refractivity (Wildman–Crippen MR) is 87.6 cm³/mol. The Morgan fingerprint density at radius 2 is 2.00 bits per heavy atom. The number of nitrogens with two attached hydrogens (primary N) is 1. The fourth-order valence-electron chi connectivity index (χ4n) is 2.08. The highest BCUT2D eigenvalue weighted by molar-refractivity contribution is 5.77. The third-order valence-electron chi connectivity index (χ3n) is 3.40. The lowest BCUT2D eigenvalue weighted by Gasteiger charge is -2.16. The molecule has 1 atom stereocenters. The molecule has 0 aliphatic heterocycles. The van der Waals surface area contributed by atoms with Crippen molar-refractivity contribution in [3.63, 3.8) is 0 Å². The summed E-state index contributed by atoms with van der Waals surface area (Å²) in [5.41, 5.74) is 6.30. The maximum atomic E-state index is 12.9. The number of aromatic nitrogens is 2. The van der Waals surface area contributed by atoms with Crippen LogP contribution < -0.4 is 16.0 Å². The molecule has 6 nitrogen and oxygen atoms in total. The third kappa shape index (κ3) is 4.91. The van der Waals surface area contributed by atoms with Crippen LogP contribution in [0.4, 0.5) is 16.2 Å². The number of hydrogen-bond donors (Lipinski definition) is 2. The smallest absolute Gasteiger partial charge is 0.224 e. The average Bonchev–Trinajstić information content (AvgIpc) is 2.53. The molecule has 0 spiro atoms. The van der Waals surface area contributed by atoms with Crippen LogP contribution in [-0.4, -0.2) is 36.5 Å². The minimum atomic E-state index is -0.438. The first kappa shape index (κ1) is 16.7. The van der Waals surface area contributed by atoms with Crippen LogP contribution in [0.3, 0.4) is 0 Å². The largest absolute Gasteiger partial charge is 0.369 e. The van der Waals surface area contributed by atoms with Gasteiger partial charge in [-0.25, -0.2) is 9.37 Å². The maximum absolute atomic E-state index is 12.9. The van der Waals surface area contributed by atoms with E-state index in [1.165, 1.54) is 12.1 Å². The number of primary amides is 1. The Hall–Kier alpha value is -2.70. The van der Waals surface area contributed by atoms with Crippen molar-refractivity contribution in [1.29, 1.82) is 0 Å². The van der Waals surface area contributed by atoms with Gasteiger partial charge in [0.2, 0.25) is 11.9 Å². The predicted octanol–water partition coefficient (Wildman–Crippen LogP) is 1.44. The van der Waals surface area contributed by atoms with Crippen molar-refractivity contribution >= 4 is 17.7 Å². The van der Waals surface area contributed by atoms with Gasteiger partial charge in [-0.2, -0.15) is 4.98 Å². The molecular formula is C16H20FN5O. The van der Waals surface area contributed by atoms with E-state index < -0.39 is 11.8 Å². The summed E-state index contributed by atoms with van der Waals surface area (Å²) in [5, 5.41) is 3.03. The SMILES string of the molecule is CN(C)c1ccnc(NCC(Cc2ccc(F)cc2)C(N)=O)n1. The zero-order valence-electron chi connectivity index (χ0n) is 13.2. The van der Waals surface area contributed by atoms with Crippen molar-refractivity contribution in [1.82, 2.24) is 9.97 Å². The first-order valence-corrected chi connectivity index (χ1v) is 7.23. The summed E-state index contributed by atoms with van der Waals surface area (Å²) < 4.78 is 12.9. The van der Waals surface area contributed by atoms with E-state index >= 15 is 0 Å². The number of carbonyl (C=O) groups excluding carboxylic acids is 1. The first-order valence-electron chi connectivity index (χ1n) is 7.23. The molecule has 3 N–H and O–H groups in total. The lowest BCUT2D eigenvalue weighted by atomic mass is 9.98. The molecule has 1 heterocycles. The monoisotopic (exact) mass is 317 g/mol. The van der Waals surface area contributed by atoms with Crippen LogP contribution in [0.15, 0.2) is 36.5 Å². The Labute approximate surface area is 134 Å². The van der Waals surface area contributed by atoms with Crippen molar-refractivity contribution in [3.05, 3.63) is 47.9 Å². The molecule has 0 fully saturated rings. The summed E-state index contributed by atoms with van der Waals surface area (Å²) in [6.07, 6.45) is 2.07. The molecule has 0 saturated heterocycles. The normalized spacial score (nSPS) is 11.8. The van der Waals surface area contributed by atoms with E-state index in [4.69, 9.17) is 5.73 Å². The molecule has 122 valence electrons. The number of carbonyl (C=O) groups is 1. The Balaban J connectivity index is 2.01. The van der Waals surface area contributed by atoms with Crippen LogP contribution in [0, 0.1) is 11.7 Å². The second-order valence-electron chi connectivity index (χ2n) is 5.44. The molecular weight excluding hydrogens is 297 g/mol. The number of hydrogen-bond acceptors (Lipinski definition) is 5. The van der Waals surface area contributed by atoms with Gasteiger partial charge in [0.15, 0.2) is 0 Å². The van der Waals surface area contributed by atoms with Crippen LogP contribution in [0.25, 0.3) is 0 Å². The summed E-state index contributed by atoms with van der Waals surface area (Å²) in [7, 11) is 3.76. The highest BCUT2D eigenvalue weighted by Gasteiger charge is 2.16. The number of nitrogens with one attached hydrogen (secondary N) is 1.